The van der Waals surface area contributed by atoms with E-state index in [-0.39, 0.29) is 0 Å². The minimum Gasteiger partial charge on any atom is -0.382 e. The molecule has 1 aromatic carbocycles. The summed E-state index contributed by atoms with van der Waals surface area (Å²) in [5.74, 6) is 0. The second-order valence-electron chi connectivity index (χ2n) is 6.90. The van der Waals surface area contributed by atoms with Crippen LogP contribution in [0.1, 0.15) is 39.5 Å². The predicted octanol–water partition coefficient (Wildman–Crippen LogP) is 4.02. The van der Waals surface area contributed by atoms with Crippen LogP contribution in [0.3, 0.4) is 0 Å². The molecule has 3 rings (SSSR count). The monoisotopic (exact) mass is 429 g/mol. The number of rotatable bonds is 5. The molecule has 0 aliphatic heterocycles. The molecule has 4 N–H and O–H groups in total. The number of benzene rings is 1. The molecule has 1 aliphatic rings. The van der Waals surface area contributed by atoms with Crippen LogP contribution in [0.15, 0.2) is 30.5 Å². The van der Waals surface area contributed by atoms with Crippen molar-refractivity contribution >= 4 is 36.0 Å². The van der Waals surface area contributed by atoms with E-state index in [1.54, 1.807) is 0 Å². The summed E-state index contributed by atoms with van der Waals surface area (Å²) in [6, 6.07) is 9.33. The van der Waals surface area contributed by atoms with Gasteiger partial charge in [-0.3, -0.25) is 4.98 Å². The normalized spacial score (nSPS) is 20.0. The van der Waals surface area contributed by atoms with E-state index < -0.39 is 7.82 Å². The third kappa shape index (κ3) is 7.32. The van der Waals surface area contributed by atoms with Gasteiger partial charge in [-0.1, -0.05) is 25.4 Å². The molecule has 0 atom stereocenters. The first-order valence-electron chi connectivity index (χ1n) is 9.54. The number of phosphoric acid groups is 1. The van der Waals surface area contributed by atoms with Crippen molar-refractivity contribution in [1.29, 1.82) is 0 Å². The third-order valence-electron chi connectivity index (χ3n) is 5.09. The maximum atomic E-state index is 8.88. The number of halogens is 1. The number of nitrogens with zero attached hydrogens (tertiary/aromatic N) is 2. The molecule has 9 heteroatoms. The maximum absolute atomic E-state index is 8.88. The van der Waals surface area contributed by atoms with E-state index in [0.29, 0.717) is 6.04 Å². The van der Waals surface area contributed by atoms with Crippen molar-refractivity contribution < 1.29 is 19.2 Å². The van der Waals surface area contributed by atoms with Crippen LogP contribution in [0, 0.1) is 0 Å². The quantitative estimate of drug-likeness (QED) is 0.532. The number of nitrogens with one attached hydrogen (secondary N) is 1. The van der Waals surface area contributed by atoms with Gasteiger partial charge < -0.3 is 24.9 Å². The lowest BCUT2D eigenvalue weighted by Gasteiger charge is -2.36. The summed E-state index contributed by atoms with van der Waals surface area (Å²) in [5.41, 5.74) is 2.14. The number of hydrogen-bond acceptors (Lipinski definition) is 4. The summed E-state index contributed by atoms with van der Waals surface area (Å²) in [6.45, 7) is 6.86. The van der Waals surface area contributed by atoms with Gasteiger partial charge in [-0.2, -0.15) is 0 Å². The Kier molecular flexibility index (Phi) is 8.68. The molecule has 2 aromatic rings. The molecule has 0 spiro atoms. The topological polar surface area (TPSA) is 106 Å². The smallest absolute Gasteiger partial charge is 0.382 e. The first-order chi connectivity index (χ1) is 13.2. The number of hydrogen-bond donors (Lipinski definition) is 4. The molecular weight excluding hydrogens is 401 g/mol. The van der Waals surface area contributed by atoms with Gasteiger partial charge in [0, 0.05) is 34.4 Å². The molecule has 7 nitrogen and oxygen atoms in total. The summed E-state index contributed by atoms with van der Waals surface area (Å²) in [7, 11) is -4.64. The average molecular weight is 430 g/mol. The zero-order valence-corrected chi connectivity index (χ0v) is 17.9. The van der Waals surface area contributed by atoms with Gasteiger partial charge in [0.1, 0.15) is 0 Å². The van der Waals surface area contributed by atoms with Gasteiger partial charge in [-0.25, -0.2) is 4.57 Å². The van der Waals surface area contributed by atoms with Gasteiger partial charge in [0.2, 0.25) is 0 Å². The Morgan fingerprint density at radius 1 is 1.14 bits per heavy atom. The van der Waals surface area contributed by atoms with Gasteiger partial charge in [-0.05, 0) is 63.0 Å². The zero-order valence-electron chi connectivity index (χ0n) is 16.3. The Bertz CT molecular complexity index is 797. The molecule has 156 valence electrons. The molecule has 1 fully saturated rings. The van der Waals surface area contributed by atoms with Crippen LogP contribution in [0.5, 0.6) is 0 Å². The number of anilines is 1. The highest BCUT2D eigenvalue weighted by Gasteiger charge is 2.24. The Balaban J connectivity index is 0.000000500. The van der Waals surface area contributed by atoms with Crippen LogP contribution in [-0.4, -0.2) is 49.7 Å². The minimum absolute atomic E-state index is 0.558. The summed E-state index contributed by atoms with van der Waals surface area (Å²) in [4.78, 5) is 28.6. The fourth-order valence-electron chi connectivity index (χ4n) is 3.79. The minimum atomic E-state index is -4.64. The van der Waals surface area contributed by atoms with Crippen molar-refractivity contribution in [3.63, 3.8) is 0 Å². The van der Waals surface area contributed by atoms with E-state index >= 15 is 0 Å². The Morgan fingerprint density at radius 3 is 2.32 bits per heavy atom. The van der Waals surface area contributed by atoms with Crippen molar-refractivity contribution in [1.82, 2.24) is 9.88 Å². The van der Waals surface area contributed by atoms with E-state index in [1.165, 1.54) is 31.4 Å². The van der Waals surface area contributed by atoms with Crippen molar-refractivity contribution in [3.05, 3.63) is 35.5 Å². The molecule has 1 aliphatic carbocycles. The Morgan fingerprint density at radius 2 is 1.75 bits per heavy atom. The van der Waals surface area contributed by atoms with Crippen LogP contribution in [-0.2, 0) is 4.57 Å². The summed E-state index contributed by atoms with van der Waals surface area (Å²) in [5, 5.41) is 5.63. The van der Waals surface area contributed by atoms with Crippen LogP contribution < -0.4 is 5.32 Å². The molecule has 1 saturated carbocycles. The number of aromatic nitrogens is 1. The summed E-state index contributed by atoms with van der Waals surface area (Å²) < 4.78 is 8.88. The molecule has 0 bridgehead atoms. The average Bonchev–Trinajstić information content (AvgIpc) is 2.63. The largest absolute Gasteiger partial charge is 0.466 e. The Labute approximate surface area is 171 Å². The summed E-state index contributed by atoms with van der Waals surface area (Å²) >= 11 is 6.07. The van der Waals surface area contributed by atoms with Crippen molar-refractivity contribution in [2.24, 2.45) is 0 Å². The van der Waals surface area contributed by atoms with E-state index in [9.17, 15) is 0 Å². The first-order valence-corrected chi connectivity index (χ1v) is 11.5. The van der Waals surface area contributed by atoms with Crippen molar-refractivity contribution in [2.45, 2.75) is 51.6 Å². The molecule has 0 radical (unpaired) electrons. The van der Waals surface area contributed by atoms with E-state index in [0.717, 1.165) is 35.1 Å². The van der Waals surface area contributed by atoms with E-state index in [2.05, 4.69) is 41.2 Å². The SMILES string of the molecule is CCN(CC)C1CCC(Nc2ccnc3cc(Cl)ccc23)CC1.O=P(O)(O)O. The zero-order chi connectivity index (χ0) is 20.7. The standard InChI is InChI=1S/C19H26ClN3.H3O4P/c1-3-23(4-2)16-8-6-15(7-9-16)22-18-11-12-21-19-13-14(20)5-10-17(18)19;1-5(2,3)4/h5,10-13,15-16H,3-4,6-9H2,1-2H3,(H,21,22);(H3,1,2,3,4). The highest BCUT2D eigenvalue weighted by atomic mass is 35.5. The van der Waals surface area contributed by atoms with Crippen LogP contribution >= 0.6 is 19.4 Å². The first kappa shape index (κ1) is 23.1. The lowest BCUT2D eigenvalue weighted by molar-refractivity contribution is 0.167. The third-order valence-corrected chi connectivity index (χ3v) is 5.32. The maximum Gasteiger partial charge on any atom is 0.466 e. The molecule has 1 heterocycles. The number of fused-ring (bicyclic) bond motifs is 1. The van der Waals surface area contributed by atoms with Gasteiger partial charge in [-0.15, -0.1) is 0 Å². The van der Waals surface area contributed by atoms with Gasteiger partial charge in [0.15, 0.2) is 0 Å². The van der Waals surface area contributed by atoms with Crippen LogP contribution in [0.2, 0.25) is 5.02 Å². The van der Waals surface area contributed by atoms with Gasteiger partial charge in [0.05, 0.1) is 5.52 Å². The molecule has 1 aromatic heterocycles. The Hall–Kier alpha value is -1.21. The van der Waals surface area contributed by atoms with E-state index in [1.807, 2.05) is 18.3 Å². The second-order valence-corrected chi connectivity index (χ2v) is 8.37. The fraction of sp³-hybridized carbons (Fsp3) is 0.526. The van der Waals surface area contributed by atoms with Crippen molar-refractivity contribution in [2.75, 3.05) is 18.4 Å². The van der Waals surface area contributed by atoms with E-state index in [4.69, 9.17) is 30.8 Å². The molecule has 0 amide bonds. The second kappa shape index (κ2) is 10.5. The van der Waals surface area contributed by atoms with Crippen LogP contribution in [0.4, 0.5) is 5.69 Å². The van der Waals surface area contributed by atoms with Crippen molar-refractivity contribution in [3.8, 4) is 0 Å². The highest BCUT2D eigenvalue weighted by Crippen LogP contribution is 2.29. The number of pyridine rings is 1. The summed E-state index contributed by atoms with van der Waals surface area (Å²) in [6.07, 6.45) is 6.90. The van der Waals surface area contributed by atoms with Gasteiger partial charge >= 0.3 is 7.82 Å². The van der Waals surface area contributed by atoms with Gasteiger partial charge in [0.25, 0.3) is 0 Å². The lowest BCUT2D eigenvalue weighted by Crippen LogP contribution is -2.40. The molecule has 0 unspecified atom stereocenters. The molecule has 0 saturated heterocycles. The molecular formula is C19H29ClN3O4P. The predicted molar refractivity (Wildman–Crippen MR) is 114 cm³/mol. The fourth-order valence-corrected chi connectivity index (χ4v) is 3.96. The molecule has 28 heavy (non-hydrogen) atoms. The highest BCUT2D eigenvalue weighted by molar-refractivity contribution is 7.45. The lowest BCUT2D eigenvalue weighted by atomic mass is 9.90. The van der Waals surface area contributed by atoms with Crippen LogP contribution in [0.25, 0.3) is 10.9 Å².